The van der Waals surface area contributed by atoms with E-state index in [-0.39, 0.29) is 24.2 Å². The van der Waals surface area contributed by atoms with Crippen LogP contribution < -0.4 is 10.2 Å². The average Bonchev–Trinajstić information content (AvgIpc) is 2.77. The molecule has 1 N–H and O–H groups in total. The highest BCUT2D eigenvalue weighted by Gasteiger charge is 2.23. The second kappa shape index (κ2) is 7.61. The molecule has 1 aromatic carbocycles. The van der Waals surface area contributed by atoms with Gasteiger partial charge in [0.25, 0.3) is 5.91 Å². The lowest BCUT2D eigenvalue weighted by molar-refractivity contribution is -0.117. The van der Waals surface area contributed by atoms with E-state index in [2.05, 4.69) is 5.32 Å². The van der Waals surface area contributed by atoms with Gasteiger partial charge in [-0.2, -0.15) is 0 Å². The first kappa shape index (κ1) is 16.8. The van der Waals surface area contributed by atoms with Crippen molar-refractivity contribution >= 4 is 29.9 Å². The first-order chi connectivity index (χ1) is 10.3. The summed E-state index contributed by atoms with van der Waals surface area (Å²) in [5.74, 6) is 0.214. The number of nitrogens with one attached hydrogen (secondary N) is 1. The lowest BCUT2D eigenvalue weighted by atomic mass is 10.1. The van der Waals surface area contributed by atoms with Gasteiger partial charge in [-0.3, -0.25) is 9.59 Å². The number of rotatable bonds is 2. The molecule has 0 aliphatic carbocycles. The number of hydrogen-bond acceptors (Lipinski definition) is 3. The summed E-state index contributed by atoms with van der Waals surface area (Å²) in [6.45, 7) is 4.09. The molecule has 0 saturated carbocycles. The van der Waals surface area contributed by atoms with Crippen LogP contribution in [0, 0.1) is 0 Å². The smallest absolute Gasteiger partial charge is 0.253 e. The summed E-state index contributed by atoms with van der Waals surface area (Å²) in [5.41, 5.74) is 1.52. The Morgan fingerprint density at radius 3 is 2.73 bits per heavy atom. The minimum atomic E-state index is 0. The molecule has 120 valence electrons. The third-order valence-corrected chi connectivity index (χ3v) is 4.11. The molecule has 2 saturated heterocycles. The summed E-state index contributed by atoms with van der Waals surface area (Å²) < 4.78 is 0. The molecule has 2 aliphatic heterocycles. The lowest BCUT2D eigenvalue weighted by Crippen LogP contribution is -2.34. The first-order valence-electron chi connectivity index (χ1n) is 7.66. The summed E-state index contributed by atoms with van der Waals surface area (Å²) in [4.78, 5) is 28.1. The zero-order valence-electron chi connectivity index (χ0n) is 12.6. The van der Waals surface area contributed by atoms with E-state index < -0.39 is 0 Å². The van der Waals surface area contributed by atoms with E-state index in [1.807, 2.05) is 29.2 Å². The monoisotopic (exact) mass is 323 g/mol. The number of carbonyl (C=O) groups excluding carboxylic acids is 2. The number of anilines is 1. The summed E-state index contributed by atoms with van der Waals surface area (Å²) >= 11 is 0. The molecule has 3 rings (SSSR count). The highest BCUT2D eigenvalue weighted by Crippen LogP contribution is 2.23. The summed E-state index contributed by atoms with van der Waals surface area (Å²) in [6.07, 6.45) is 2.49. The molecule has 0 atom stereocenters. The van der Waals surface area contributed by atoms with Gasteiger partial charge in [-0.15, -0.1) is 12.4 Å². The van der Waals surface area contributed by atoms with Crippen molar-refractivity contribution in [2.75, 3.05) is 37.6 Å². The van der Waals surface area contributed by atoms with Gasteiger partial charge < -0.3 is 15.1 Å². The number of amides is 2. The molecule has 6 heteroatoms. The van der Waals surface area contributed by atoms with Crippen molar-refractivity contribution in [3.8, 4) is 0 Å². The van der Waals surface area contributed by atoms with Crippen molar-refractivity contribution in [1.82, 2.24) is 10.2 Å². The Labute approximate surface area is 137 Å². The van der Waals surface area contributed by atoms with E-state index in [4.69, 9.17) is 0 Å². The Balaban J connectivity index is 0.00000176. The SMILES string of the molecule is Cl.O=C(c1cccc(N2CCCC2=O)c1)N1CCCNCC1. The molecule has 0 aromatic heterocycles. The van der Waals surface area contributed by atoms with Crippen molar-refractivity contribution in [2.45, 2.75) is 19.3 Å². The van der Waals surface area contributed by atoms with Crippen LogP contribution in [0.25, 0.3) is 0 Å². The largest absolute Gasteiger partial charge is 0.337 e. The number of nitrogens with zero attached hydrogens (tertiary/aromatic N) is 2. The molecule has 1 aromatic rings. The Hall–Kier alpha value is -1.59. The Bertz CT molecular complexity index is 542. The van der Waals surface area contributed by atoms with Gasteiger partial charge in [-0.1, -0.05) is 6.07 Å². The fourth-order valence-corrected chi connectivity index (χ4v) is 2.96. The molecule has 0 spiro atoms. The maximum absolute atomic E-state index is 12.6. The third kappa shape index (κ3) is 3.59. The van der Waals surface area contributed by atoms with Crippen molar-refractivity contribution in [1.29, 1.82) is 0 Å². The van der Waals surface area contributed by atoms with Crippen LogP contribution in [0.3, 0.4) is 0 Å². The Kier molecular flexibility index (Phi) is 5.80. The van der Waals surface area contributed by atoms with E-state index in [1.165, 1.54) is 0 Å². The summed E-state index contributed by atoms with van der Waals surface area (Å²) in [6, 6.07) is 7.46. The molecule has 0 unspecified atom stereocenters. The van der Waals surface area contributed by atoms with Gasteiger partial charge in [0.05, 0.1) is 0 Å². The zero-order valence-corrected chi connectivity index (χ0v) is 13.4. The van der Waals surface area contributed by atoms with Crippen molar-refractivity contribution in [2.24, 2.45) is 0 Å². The molecule has 2 heterocycles. The molecule has 2 fully saturated rings. The lowest BCUT2D eigenvalue weighted by Gasteiger charge is -2.21. The van der Waals surface area contributed by atoms with Crippen molar-refractivity contribution in [3.05, 3.63) is 29.8 Å². The maximum Gasteiger partial charge on any atom is 0.253 e. The molecule has 5 nitrogen and oxygen atoms in total. The maximum atomic E-state index is 12.6. The van der Waals surface area contributed by atoms with E-state index in [0.717, 1.165) is 51.3 Å². The van der Waals surface area contributed by atoms with Gasteiger partial charge in [0.1, 0.15) is 0 Å². The van der Waals surface area contributed by atoms with Crippen LogP contribution in [0.5, 0.6) is 0 Å². The number of halogens is 1. The van der Waals surface area contributed by atoms with Crippen LogP contribution in [-0.4, -0.2) is 49.4 Å². The van der Waals surface area contributed by atoms with Gasteiger partial charge in [0.2, 0.25) is 5.91 Å². The van der Waals surface area contributed by atoms with Crippen LogP contribution in [0.4, 0.5) is 5.69 Å². The quantitative estimate of drug-likeness (QED) is 0.901. The Morgan fingerprint density at radius 2 is 1.95 bits per heavy atom. The van der Waals surface area contributed by atoms with Gasteiger partial charge in [0, 0.05) is 43.9 Å². The molecule has 0 bridgehead atoms. The highest BCUT2D eigenvalue weighted by atomic mass is 35.5. The number of benzene rings is 1. The van der Waals surface area contributed by atoms with Crippen molar-refractivity contribution < 1.29 is 9.59 Å². The van der Waals surface area contributed by atoms with Crippen molar-refractivity contribution in [3.63, 3.8) is 0 Å². The third-order valence-electron chi connectivity index (χ3n) is 4.11. The summed E-state index contributed by atoms with van der Waals surface area (Å²) in [7, 11) is 0. The van der Waals surface area contributed by atoms with Crippen LogP contribution in [0.2, 0.25) is 0 Å². The van der Waals surface area contributed by atoms with Crippen LogP contribution in [0.1, 0.15) is 29.6 Å². The predicted octanol–water partition coefficient (Wildman–Crippen LogP) is 1.67. The van der Waals surface area contributed by atoms with E-state index >= 15 is 0 Å². The van der Waals surface area contributed by atoms with Gasteiger partial charge >= 0.3 is 0 Å². The van der Waals surface area contributed by atoms with Gasteiger partial charge in [-0.25, -0.2) is 0 Å². The fourth-order valence-electron chi connectivity index (χ4n) is 2.96. The van der Waals surface area contributed by atoms with Crippen LogP contribution in [0.15, 0.2) is 24.3 Å². The molecule has 2 aliphatic rings. The normalized spacial score (nSPS) is 18.8. The molecular formula is C16H22ClN3O2. The van der Waals surface area contributed by atoms with Gasteiger partial charge in [0.15, 0.2) is 0 Å². The minimum Gasteiger partial charge on any atom is -0.337 e. The predicted molar refractivity (Wildman–Crippen MR) is 88.7 cm³/mol. The minimum absolute atomic E-state index is 0. The Morgan fingerprint density at radius 1 is 1.09 bits per heavy atom. The van der Waals surface area contributed by atoms with Gasteiger partial charge in [-0.05, 0) is 37.6 Å². The first-order valence-corrected chi connectivity index (χ1v) is 7.66. The second-order valence-corrected chi connectivity index (χ2v) is 5.60. The summed E-state index contributed by atoms with van der Waals surface area (Å²) in [5, 5.41) is 3.30. The van der Waals surface area contributed by atoms with Crippen LogP contribution in [-0.2, 0) is 4.79 Å². The zero-order chi connectivity index (χ0) is 14.7. The topological polar surface area (TPSA) is 52.7 Å². The average molecular weight is 324 g/mol. The number of hydrogen-bond donors (Lipinski definition) is 1. The molecule has 2 amide bonds. The fraction of sp³-hybridized carbons (Fsp3) is 0.500. The standard InChI is InChI=1S/C16H21N3O2.ClH/c20-15-6-2-10-19(15)14-5-1-4-13(12-14)16(21)18-9-3-7-17-8-11-18;/h1,4-5,12,17H,2-3,6-11H2;1H. The van der Waals surface area contributed by atoms with Crippen LogP contribution >= 0.6 is 12.4 Å². The van der Waals surface area contributed by atoms with E-state index in [0.29, 0.717) is 12.0 Å². The van der Waals surface area contributed by atoms with E-state index in [1.54, 1.807) is 4.90 Å². The second-order valence-electron chi connectivity index (χ2n) is 5.60. The molecule has 0 radical (unpaired) electrons. The molecule has 22 heavy (non-hydrogen) atoms. The van der Waals surface area contributed by atoms with E-state index in [9.17, 15) is 9.59 Å². The molecular weight excluding hydrogens is 302 g/mol. The highest BCUT2D eigenvalue weighted by molar-refractivity contribution is 5.99. The number of carbonyl (C=O) groups is 2.